The summed E-state index contributed by atoms with van der Waals surface area (Å²) in [5.74, 6) is 1.75. The van der Waals surface area contributed by atoms with Crippen molar-refractivity contribution < 1.29 is 14.3 Å². The Morgan fingerprint density at radius 1 is 1.12 bits per heavy atom. The number of hydrogen-bond donors (Lipinski definition) is 0. The van der Waals surface area contributed by atoms with Crippen LogP contribution >= 0.6 is 11.6 Å². The monoisotopic (exact) mass is 371 g/mol. The predicted molar refractivity (Wildman–Crippen MR) is 101 cm³/mol. The second-order valence-electron chi connectivity index (χ2n) is 6.74. The molecule has 1 amide bonds. The molecule has 1 atom stereocenters. The molecule has 2 aliphatic rings. The second-order valence-corrected chi connectivity index (χ2v) is 7.15. The molecule has 0 unspecified atom stereocenters. The molecule has 0 aliphatic carbocycles. The van der Waals surface area contributed by atoms with Crippen molar-refractivity contribution in [2.45, 2.75) is 31.7 Å². The number of rotatable bonds is 4. The topological polar surface area (TPSA) is 38.8 Å². The SMILES string of the molecule is O=C(CCc1ccccc1Cl)N1CCC[C@@H]1c1ccc2c(c1)OCCO2. The van der Waals surface area contributed by atoms with Crippen LogP contribution in [0.5, 0.6) is 11.5 Å². The molecule has 0 aromatic heterocycles. The number of aryl methyl sites for hydroxylation is 1. The van der Waals surface area contributed by atoms with Crippen molar-refractivity contribution >= 4 is 17.5 Å². The summed E-state index contributed by atoms with van der Waals surface area (Å²) in [7, 11) is 0. The lowest BCUT2D eigenvalue weighted by Crippen LogP contribution is -2.30. The van der Waals surface area contributed by atoms with Crippen LogP contribution in [0.2, 0.25) is 5.02 Å². The summed E-state index contributed by atoms with van der Waals surface area (Å²) >= 11 is 6.21. The fourth-order valence-corrected chi connectivity index (χ4v) is 4.00. The highest BCUT2D eigenvalue weighted by atomic mass is 35.5. The van der Waals surface area contributed by atoms with Crippen molar-refractivity contribution in [1.82, 2.24) is 4.90 Å². The fraction of sp³-hybridized carbons (Fsp3) is 0.381. The van der Waals surface area contributed by atoms with Crippen molar-refractivity contribution in [2.75, 3.05) is 19.8 Å². The van der Waals surface area contributed by atoms with Crippen molar-refractivity contribution in [3.05, 3.63) is 58.6 Å². The zero-order valence-corrected chi connectivity index (χ0v) is 15.4. The van der Waals surface area contributed by atoms with Gasteiger partial charge in [0.05, 0.1) is 6.04 Å². The average molecular weight is 372 g/mol. The van der Waals surface area contributed by atoms with Crippen LogP contribution < -0.4 is 9.47 Å². The number of carbonyl (C=O) groups is 1. The first kappa shape index (κ1) is 17.2. The molecule has 2 aromatic rings. The van der Waals surface area contributed by atoms with Gasteiger partial charge in [0.15, 0.2) is 11.5 Å². The third-order valence-electron chi connectivity index (χ3n) is 5.09. The van der Waals surface area contributed by atoms with Crippen molar-refractivity contribution in [1.29, 1.82) is 0 Å². The van der Waals surface area contributed by atoms with Gasteiger partial charge in [0.25, 0.3) is 0 Å². The van der Waals surface area contributed by atoms with E-state index in [9.17, 15) is 4.79 Å². The first-order valence-corrected chi connectivity index (χ1v) is 9.52. The minimum absolute atomic E-state index is 0.115. The highest BCUT2D eigenvalue weighted by molar-refractivity contribution is 6.31. The number of carbonyl (C=O) groups excluding carboxylic acids is 1. The highest BCUT2D eigenvalue weighted by Gasteiger charge is 2.30. The molecule has 0 saturated carbocycles. The number of benzene rings is 2. The maximum Gasteiger partial charge on any atom is 0.223 e. The molecule has 0 N–H and O–H groups in total. The zero-order valence-electron chi connectivity index (χ0n) is 14.6. The molecule has 4 nitrogen and oxygen atoms in total. The molecular formula is C21H22ClNO3. The Kier molecular flexibility index (Phi) is 5.02. The molecular weight excluding hydrogens is 350 g/mol. The van der Waals surface area contributed by atoms with Gasteiger partial charge in [-0.15, -0.1) is 0 Å². The van der Waals surface area contributed by atoms with E-state index < -0.39 is 0 Å². The Balaban J connectivity index is 1.46. The number of nitrogens with zero attached hydrogens (tertiary/aromatic N) is 1. The van der Waals surface area contributed by atoms with Crippen LogP contribution in [0.3, 0.4) is 0 Å². The van der Waals surface area contributed by atoms with Gasteiger partial charge in [-0.2, -0.15) is 0 Å². The third-order valence-corrected chi connectivity index (χ3v) is 5.46. The van der Waals surface area contributed by atoms with Gasteiger partial charge < -0.3 is 14.4 Å². The Morgan fingerprint density at radius 2 is 1.92 bits per heavy atom. The predicted octanol–water partition coefficient (Wildman–Crippen LogP) is 4.41. The Labute approximate surface area is 158 Å². The van der Waals surface area contributed by atoms with E-state index in [1.807, 2.05) is 41.3 Å². The molecule has 0 bridgehead atoms. The summed E-state index contributed by atoms with van der Waals surface area (Å²) < 4.78 is 11.3. The molecule has 4 rings (SSSR count). The summed E-state index contributed by atoms with van der Waals surface area (Å²) in [6, 6.07) is 13.9. The molecule has 0 radical (unpaired) electrons. The Bertz CT molecular complexity index is 808. The summed E-state index contributed by atoms with van der Waals surface area (Å²) in [6.45, 7) is 1.96. The normalized spacial score (nSPS) is 18.8. The number of halogens is 1. The minimum Gasteiger partial charge on any atom is -0.486 e. The molecule has 2 heterocycles. The van der Waals surface area contributed by atoms with Crippen LogP contribution in [0.4, 0.5) is 0 Å². The first-order chi connectivity index (χ1) is 12.7. The van der Waals surface area contributed by atoms with Gasteiger partial charge in [0, 0.05) is 18.0 Å². The van der Waals surface area contributed by atoms with Gasteiger partial charge >= 0.3 is 0 Å². The molecule has 0 spiro atoms. The van der Waals surface area contributed by atoms with Crippen LogP contribution in [0.15, 0.2) is 42.5 Å². The van der Waals surface area contributed by atoms with Crippen molar-refractivity contribution in [3.8, 4) is 11.5 Å². The lowest BCUT2D eigenvalue weighted by molar-refractivity contribution is -0.132. The van der Waals surface area contributed by atoms with E-state index >= 15 is 0 Å². The van der Waals surface area contributed by atoms with Crippen molar-refractivity contribution in [3.63, 3.8) is 0 Å². The average Bonchev–Trinajstić information content (AvgIpc) is 3.17. The van der Waals surface area contributed by atoms with E-state index in [4.69, 9.17) is 21.1 Å². The lowest BCUT2D eigenvalue weighted by atomic mass is 10.0. The number of ether oxygens (including phenoxy) is 2. The van der Waals surface area contributed by atoms with Gasteiger partial charge in [-0.1, -0.05) is 35.9 Å². The molecule has 1 saturated heterocycles. The Hall–Kier alpha value is -2.20. The first-order valence-electron chi connectivity index (χ1n) is 9.15. The van der Waals surface area contributed by atoms with E-state index in [0.29, 0.717) is 26.1 Å². The van der Waals surface area contributed by atoms with Crippen molar-refractivity contribution in [2.24, 2.45) is 0 Å². The second kappa shape index (κ2) is 7.58. The molecule has 1 fully saturated rings. The smallest absolute Gasteiger partial charge is 0.223 e. The largest absolute Gasteiger partial charge is 0.486 e. The van der Waals surface area contributed by atoms with E-state index in [1.165, 1.54) is 0 Å². The van der Waals surface area contributed by atoms with Gasteiger partial charge in [0.1, 0.15) is 13.2 Å². The van der Waals surface area contributed by atoms with Gasteiger partial charge in [0.2, 0.25) is 5.91 Å². The maximum absolute atomic E-state index is 12.8. The van der Waals surface area contributed by atoms with E-state index in [1.54, 1.807) is 0 Å². The van der Waals surface area contributed by atoms with E-state index in [2.05, 4.69) is 6.07 Å². The van der Waals surface area contributed by atoms with Gasteiger partial charge in [-0.3, -0.25) is 4.79 Å². The molecule has 5 heteroatoms. The number of fused-ring (bicyclic) bond motifs is 1. The molecule has 26 heavy (non-hydrogen) atoms. The summed E-state index contributed by atoms with van der Waals surface area (Å²) in [5, 5.41) is 0.727. The van der Waals surface area contributed by atoms with Crippen LogP contribution in [0.1, 0.15) is 36.4 Å². The standard InChI is InChI=1S/C21H22ClNO3/c22-17-5-2-1-4-15(17)8-10-21(24)23-11-3-6-18(23)16-7-9-19-20(14-16)26-13-12-25-19/h1-2,4-5,7,9,14,18H,3,6,8,10-13H2/t18-/m1/s1. The number of amides is 1. The summed E-state index contributed by atoms with van der Waals surface area (Å²) in [6.07, 6.45) is 3.15. The minimum atomic E-state index is 0.115. The zero-order chi connectivity index (χ0) is 17.9. The van der Waals surface area contributed by atoms with Gasteiger partial charge in [-0.25, -0.2) is 0 Å². The maximum atomic E-state index is 12.8. The summed E-state index contributed by atoms with van der Waals surface area (Å²) in [4.78, 5) is 14.8. The fourth-order valence-electron chi connectivity index (χ4n) is 3.77. The third kappa shape index (κ3) is 3.51. The van der Waals surface area contributed by atoms with Crippen LogP contribution in [0.25, 0.3) is 0 Å². The quantitative estimate of drug-likeness (QED) is 0.799. The van der Waals surface area contributed by atoms with Crippen LogP contribution in [-0.4, -0.2) is 30.6 Å². The molecule has 2 aliphatic heterocycles. The molecule has 136 valence electrons. The van der Waals surface area contributed by atoms with E-state index in [-0.39, 0.29) is 11.9 Å². The highest BCUT2D eigenvalue weighted by Crippen LogP contribution is 2.38. The summed E-state index contributed by atoms with van der Waals surface area (Å²) in [5.41, 5.74) is 2.15. The van der Waals surface area contributed by atoms with Crippen LogP contribution in [-0.2, 0) is 11.2 Å². The Morgan fingerprint density at radius 3 is 2.77 bits per heavy atom. The van der Waals surface area contributed by atoms with Crippen LogP contribution in [0, 0.1) is 0 Å². The number of likely N-dealkylation sites (tertiary alicyclic amines) is 1. The lowest BCUT2D eigenvalue weighted by Gasteiger charge is -2.27. The van der Waals surface area contributed by atoms with Gasteiger partial charge in [-0.05, 0) is 48.6 Å². The number of hydrogen-bond acceptors (Lipinski definition) is 3. The van der Waals surface area contributed by atoms with E-state index in [0.717, 1.165) is 47.0 Å². The molecule has 2 aromatic carbocycles.